The van der Waals surface area contributed by atoms with E-state index in [2.05, 4.69) is 26.2 Å². The first-order chi connectivity index (χ1) is 17.0. The highest BCUT2D eigenvalue weighted by atomic mass is 79.9. The number of pyridine rings is 1. The van der Waals surface area contributed by atoms with Gasteiger partial charge in [-0.25, -0.2) is 13.6 Å². The molecule has 0 aliphatic rings. The molecule has 0 saturated carbocycles. The third kappa shape index (κ3) is 6.10. The Morgan fingerprint density at radius 1 is 1.14 bits per heavy atom. The zero-order chi connectivity index (χ0) is 26.6. The summed E-state index contributed by atoms with van der Waals surface area (Å²) in [6.45, 7) is 1.26. The number of benzene rings is 2. The highest BCUT2D eigenvalue weighted by Crippen LogP contribution is 2.28. The van der Waals surface area contributed by atoms with Crippen LogP contribution >= 0.6 is 15.9 Å². The van der Waals surface area contributed by atoms with Crippen molar-refractivity contribution in [3.05, 3.63) is 69.8 Å². The highest BCUT2D eigenvalue weighted by molar-refractivity contribution is 9.10. The maximum atomic E-state index is 14.7. The van der Waals surface area contributed by atoms with E-state index in [0.29, 0.717) is 23.2 Å². The van der Waals surface area contributed by atoms with E-state index in [1.54, 1.807) is 30.5 Å². The number of anilines is 1. The Balaban J connectivity index is 1.87. The van der Waals surface area contributed by atoms with E-state index in [-0.39, 0.29) is 12.8 Å². The van der Waals surface area contributed by atoms with Crippen molar-refractivity contribution < 1.29 is 36.3 Å². The standard InChI is InChI=1S/C24H21BrF5N3O3/c1-3-19(24(28,29)30)32-13-10-16(26)20(17(27)11-13)22(34)33-18(23(35)36-2)9-12-6-7-15(25)14-5-4-8-31-21(12)14/h4-8,10-11,18-19,32H,3,9H2,1-2H3,(H,33,34)/t18-,19+/m0/s1. The van der Waals surface area contributed by atoms with Crippen LogP contribution in [-0.4, -0.2) is 42.2 Å². The molecule has 1 heterocycles. The first kappa shape index (κ1) is 27.3. The van der Waals surface area contributed by atoms with Crippen molar-refractivity contribution in [3.63, 3.8) is 0 Å². The third-order valence-corrected chi connectivity index (χ3v) is 6.12. The molecule has 36 heavy (non-hydrogen) atoms. The van der Waals surface area contributed by atoms with Crippen LogP contribution in [0.5, 0.6) is 0 Å². The van der Waals surface area contributed by atoms with E-state index in [1.165, 1.54) is 6.92 Å². The van der Waals surface area contributed by atoms with Crippen molar-refractivity contribution in [2.75, 3.05) is 12.4 Å². The van der Waals surface area contributed by atoms with Crippen LogP contribution < -0.4 is 10.6 Å². The van der Waals surface area contributed by atoms with Crippen molar-refractivity contribution in [1.82, 2.24) is 10.3 Å². The molecular formula is C24H21BrF5N3O3. The maximum Gasteiger partial charge on any atom is 0.408 e. The van der Waals surface area contributed by atoms with Crippen LogP contribution in [0.1, 0.15) is 29.3 Å². The van der Waals surface area contributed by atoms with E-state index in [9.17, 15) is 31.5 Å². The summed E-state index contributed by atoms with van der Waals surface area (Å²) < 4.78 is 73.8. The van der Waals surface area contributed by atoms with Crippen molar-refractivity contribution >= 4 is 44.4 Å². The molecule has 0 aliphatic heterocycles. The normalized spacial score (nSPS) is 13.2. The predicted octanol–water partition coefficient (Wildman–Crippen LogP) is 5.54. The van der Waals surface area contributed by atoms with E-state index in [0.717, 1.165) is 17.0 Å². The van der Waals surface area contributed by atoms with Crippen molar-refractivity contribution in [3.8, 4) is 0 Å². The van der Waals surface area contributed by atoms with Crippen LogP contribution in [0.3, 0.4) is 0 Å². The second kappa shape index (κ2) is 11.2. The van der Waals surface area contributed by atoms with Crippen molar-refractivity contribution in [1.29, 1.82) is 0 Å². The molecule has 2 atom stereocenters. The number of aromatic nitrogens is 1. The summed E-state index contributed by atoms with van der Waals surface area (Å²) in [5.74, 6) is -4.94. The van der Waals surface area contributed by atoms with E-state index in [4.69, 9.17) is 4.74 Å². The summed E-state index contributed by atoms with van der Waals surface area (Å²) in [7, 11) is 1.09. The minimum Gasteiger partial charge on any atom is -0.467 e. The number of methoxy groups -OCH3 is 1. The Morgan fingerprint density at radius 2 is 1.81 bits per heavy atom. The highest BCUT2D eigenvalue weighted by Gasteiger charge is 2.38. The summed E-state index contributed by atoms with van der Waals surface area (Å²) in [5, 5.41) is 5.02. The van der Waals surface area contributed by atoms with Crippen LogP contribution in [0, 0.1) is 11.6 Å². The molecule has 12 heteroatoms. The quantitative estimate of drug-likeness (QED) is 0.273. The predicted molar refractivity (Wildman–Crippen MR) is 127 cm³/mol. The van der Waals surface area contributed by atoms with E-state index in [1.807, 2.05) is 5.32 Å². The monoisotopic (exact) mass is 573 g/mol. The van der Waals surface area contributed by atoms with Gasteiger partial charge in [0.25, 0.3) is 5.91 Å². The number of nitrogens with zero attached hydrogens (tertiary/aromatic N) is 1. The fourth-order valence-corrected chi connectivity index (χ4v) is 4.09. The molecule has 1 amide bonds. The number of carbonyl (C=O) groups is 2. The molecule has 1 aromatic heterocycles. The van der Waals surface area contributed by atoms with Crippen LogP contribution in [0.4, 0.5) is 27.6 Å². The lowest BCUT2D eigenvalue weighted by molar-refractivity contribution is -0.143. The molecule has 3 rings (SSSR count). The van der Waals surface area contributed by atoms with Gasteiger partial charge in [0.1, 0.15) is 29.3 Å². The van der Waals surface area contributed by atoms with Crippen LogP contribution in [0.2, 0.25) is 0 Å². The number of esters is 1. The summed E-state index contributed by atoms with van der Waals surface area (Å²) >= 11 is 3.41. The number of amides is 1. The average molecular weight is 574 g/mol. The number of hydrogen-bond donors (Lipinski definition) is 2. The van der Waals surface area contributed by atoms with Gasteiger partial charge in [-0.2, -0.15) is 13.2 Å². The molecule has 0 unspecified atom stereocenters. The lowest BCUT2D eigenvalue weighted by Gasteiger charge is -2.22. The SMILES string of the molecule is CC[C@@H](Nc1cc(F)c(C(=O)N[C@@H](Cc2ccc(Br)c3cccnc23)C(=O)OC)c(F)c1)C(F)(F)F. The van der Waals surface area contributed by atoms with Gasteiger partial charge in [-0.3, -0.25) is 9.78 Å². The van der Waals surface area contributed by atoms with Gasteiger partial charge in [0.15, 0.2) is 0 Å². The van der Waals surface area contributed by atoms with Crippen molar-refractivity contribution in [2.45, 2.75) is 38.0 Å². The average Bonchev–Trinajstić information content (AvgIpc) is 2.82. The van der Waals surface area contributed by atoms with Gasteiger partial charge in [0.05, 0.1) is 12.6 Å². The zero-order valence-corrected chi connectivity index (χ0v) is 20.6. The van der Waals surface area contributed by atoms with Crippen LogP contribution in [-0.2, 0) is 16.0 Å². The number of carbonyl (C=O) groups excluding carboxylic acids is 2. The van der Waals surface area contributed by atoms with Gasteiger partial charge >= 0.3 is 12.1 Å². The van der Waals surface area contributed by atoms with Gasteiger partial charge in [0, 0.05) is 28.2 Å². The molecule has 192 valence electrons. The molecule has 0 bridgehead atoms. The maximum absolute atomic E-state index is 14.7. The molecule has 6 nitrogen and oxygen atoms in total. The fraction of sp³-hybridized carbons (Fsp3) is 0.292. The lowest BCUT2D eigenvalue weighted by atomic mass is 10.0. The zero-order valence-electron chi connectivity index (χ0n) is 19.1. The first-order valence-electron chi connectivity index (χ1n) is 10.7. The Bertz CT molecular complexity index is 1260. The molecule has 3 aromatic rings. The largest absolute Gasteiger partial charge is 0.467 e. The van der Waals surface area contributed by atoms with Crippen LogP contribution in [0.15, 0.2) is 47.1 Å². The number of ether oxygens (including phenoxy) is 1. The van der Waals surface area contributed by atoms with Gasteiger partial charge in [-0.05, 0) is 36.2 Å². The summed E-state index contributed by atoms with van der Waals surface area (Å²) in [6.07, 6.45) is -3.58. The summed E-state index contributed by atoms with van der Waals surface area (Å²) in [4.78, 5) is 29.4. The van der Waals surface area contributed by atoms with Crippen molar-refractivity contribution in [2.24, 2.45) is 0 Å². The molecule has 2 aromatic carbocycles. The molecule has 0 saturated heterocycles. The Morgan fingerprint density at radius 3 is 2.39 bits per heavy atom. The number of halogens is 6. The van der Waals surface area contributed by atoms with E-state index >= 15 is 0 Å². The van der Waals surface area contributed by atoms with E-state index < -0.39 is 53.0 Å². The van der Waals surface area contributed by atoms with Crippen LogP contribution in [0.25, 0.3) is 10.9 Å². The molecule has 0 radical (unpaired) electrons. The molecule has 0 aliphatic carbocycles. The Kier molecular flexibility index (Phi) is 8.49. The first-order valence-corrected chi connectivity index (χ1v) is 11.5. The van der Waals surface area contributed by atoms with Gasteiger partial charge in [-0.15, -0.1) is 0 Å². The number of hydrogen-bond acceptors (Lipinski definition) is 5. The molecule has 0 spiro atoms. The van der Waals surface area contributed by atoms with Gasteiger partial charge in [-0.1, -0.05) is 35.0 Å². The Labute approximate surface area is 211 Å². The number of nitrogens with one attached hydrogen (secondary N) is 2. The summed E-state index contributed by atoms with van der Waals surface area (Å²) in [5.41, 5.74) is -0.434. The number of fused-ring (bicyclic) bond motifs is 1. The topological polar surface area (TPSA) is 80.3 Å². The minimum atomic E-state index is -4.64. The third-order valence-electron chi connectivity index (χ3n) is 5.43. The van der Waals surface area contributed by atoms with Gasteiger partial charge < -0.3 is 15.4 Å². The second-order valence-electron chi connectivity index (χ2n) is 7.82. The minimum absolute atomic E-state index is 0.105. The van der Waals surface area contributed by atoms with Gasteiger partial charge in [0.2, 0.25) is 0 Å². The Hall–Kier alpha value is -3.28. The number of alkyl halides is 3. The molecular weight excluding hydrogens is 553 g/mol. The second-order valence-corrected chi connectivity index (χ2v) is 8.68. The fourth-order valence-electron chi connectivity index (χ4n) is 3.64. The smallest absolute Gasteiger partial charge is 0.408 e. The molecule has 0 fully saturated rings. The summed E-state index contributed by atoms with van der Waals surface area (Å²) in [6, 6.07) is 4.73. The molecule has 2 N–H and O–H groups in total. The number of rotatable bonds is 8. The lowest BCUT2D eigenvalue weighted by Crippen LogP contribution is -2.43.